The Kier molecular flexibility index (Phi) is 5.69. The monoisotopic (exact) mass is 385 g/mol. The van der Waals surface area contributed by atoms with Crippen molar-refractivity contribution in [2.24, 2.45) is 0 Å². The maximum atomic E-state index is 12.3. The predicted molar refractivity (Wildman–Crippen MR) is 105 cm³/mol. The molecule has 2 saturated heterocycles. The minimum Gasteiger partial charge on any atom is -0.349 e. The number of amides is 1. The molecule has 2 fully saturated rings. The van der Waals surface area contributed by atoms with E-state index in [1.165, 1.54) is 5.56 Å². The quantitative estimate of drug-likeness (QED) is 0.754. The summed E-state index contributed by atoms with van der Waals surface area (Å²) in [6.45, 7) is 1.93. The van der Waals surface area contributed by atoms with Gasteiger partial charge in [-0.15, -0.1) is 0 Å². The lowest BCUT2D eigenvalue weighted by molar-refractivity contribution is 0.0880. The van der Waals surface area contributed by atoms with Crippen molar-refractivity contribution in [3.63, 3.8) is 0 Å². The summed E-state index contributed by atoms with van der Waals surface area (Å²) < 4.78 is 0. The summed E-state index contributed by atoms with van der Waals surface area (Å²) in [6, 6.07) is 12.0. The standard InChI is InChI=1S/C20H24ClN5O/c21-16-3-1-14(2-4-16)18-13-19(25-24-18)26-11-7-17(8-12-26)23-20(27)15-5-9-22-10-6-15/h1-6,9-10,17-19,24-25H,7-8,11-13H2,(H,23,27). The Morgan fingerprint density at radius 3 is 2.48 bits per heavy atom. The van der Waals surface area contributed by atoms with Crippen LogP contribution in [0.4, 0.5) is 0 Å². The van der Waals surface area contributed by atoms with Gasteiger partial charge in [-0.2, -0.15) is 0 Å². The van der Waals surface area contributed by atoms with Gasteiger partial charge in [0.1, 0.15) is 0 Å². The second-order valence-electron chi connectivity index (χ2n) is 7.16. The first kappa shape index (κ1) is 18.4. The zero-order valence-corrected chi connectivity index (χ0v) is 15.8. The molecule has 3 N–H and O–H groups in total. The second-order valence-corrected chi connectivity index (χ2v) is 7.60. The summed E-state index contributed by atoms with van der Waals surface area (Å²) in [6.07, 6.45) is 6.53. The number of pyridine rings is 1. The van der Waals surface area contributed by atoms with Gasteiger partial charge in [-0.25, -0.2) is 10.9 Å². The minimum atomic E-state index is -0.0145. The Hall–Kier alpha value is -1.99. The molecule has 2 aromatic rings. The molecule has 1 aromatic carbocycles. The first-order valence-electron chi connectivity index (χ1n) is 9.40. The lowest BCUT2D eigenvalue weighted by Crippen LogP contribution is -2.51. The summed E-state index contributed by atoms with van der Waals surface area (Å²) in [7, 11) is 0. The number of aromatic nitrogens is 1. The number of piperidine rings is 1. The van der Waals surface area contributed by atoms with E-state index in [2.05, 4.69) is 38.2 Å². The van der Waals surface area contributed by atoms with E-state index in [9.17, 15) is 4.79 Å². The van der Waals surface area contributed by atoms with Gasteiger partial charge in [0.15, 0.2) is 0 Å². The SMILES string of the molecule is O=C(NC1CCN(C2CC(c3ccc(Cl)cc3)NN2)CC1)c1ccncc1. The number of carbonyl (C=O) groups is 1. The van der Waals surface area contributed by atoms with Crippen LogP contribution in [-0.4, -0.2) is 41.1 Å². The van der Waals surface area contributed by atoms with E-state index in [1.54, 1.807) is 24.5 Å². The zero-order valence-electron chi connectivity index (χ0n) is 15.1. The molecular formula is C20H24ClN5O. The number of nitrogens with one attached hydrogen (secondary N) is 3. The van der Waals surface area contributed by atoms with E-state index in [1.807, 2.05) is 12.1 Å². The molecule has 1 aromatic heterocycles. The van der Waals surface area contributed by atoms with Gasteiger partial charge in [-0.1, -0.05) is 23.7 Å². The number of likely N-dealkylation sites (tertiary alicyclic amines) is 1. The van der Waals surface area contributed by atoms with Gasteiger partial charge >= 0.3 is 0 Å². The molecule has 27 heavy (non-hydrogen) atoms. The predicted octanol–water partition coefficient (Wildman–Crippen LogP) is 2.49. The van der Waals surface area contributed by atoms with Gasteiger partial charge in [0.05, 0.1) is 6.17 Å². The summed E-state index contributed by atoms with van der Waals surface area (Å²) in [5, 5.41) is 3.91. The van der Waals surface area contributed by atoms with Crippen LogP contribution in [-0.2, 0) is 0 Å². The molecule has 0 saturated carbocycles. The van der Waals surface area contributed by atoms with Crippen LogP contribution >= 0.6 is 11.6 Å². The molecule has 142 valence electrons. The van der Waals surface area contributed by atoms with Crippen LogP contribution in [0.15, 0.2) is 48.8 Å². The lowest BCUT2D eigenvalue weighted by Gasteiger charge is -2.35. The van der Waals surface area contributed by atoms with Gasteiger partial charge < -0.3 is 5.32 Å². The van der Waals surface area contributed by atoms with Gasteiger partial charge in [0.2, 0.25) is 0 Å². The molecule has 4 rings (SSSR count). The molecular weight excluding hydrogens is 362 g/mol. The smallest absolute Gasteiger partial charge is 0.251 e. The van der Waals surface area contributed by atoms with Crippen molar-refractivity contribution >= 4 is 17.5 Å². The summed E-state index contributed by atoms with van der Waals surface area (Å²) in [5.74, 6) is -0.0145. The third-order valence-corrected chi connectivity index (χ3v) is 5.66. The molecule has 2 aliphatic rings. The average molecular weight is 386 g/mol. The van der Waals surface area contributed by atoms with E-state index >= 15 is 0 Å². The first-order valence-corrected chi connectivity index (χ1v) is 9.78. The van der Waals surface area contributed by atoms with Crippen molar-refractivity contribution < 1.29 is 4.79 Å². The molecule has 0 spiro atoms. The molecule has 1 amide bonds. The number of benzene rings is 1. The van der Waals surface area contributed by atoms with E-state index in [0.717, 1.165) is 37.4 Å². The normalized spacial score (nSPS) is 24.0. The molecule has 6 nitrogen and oxygen atoms in total. The van der Waals surface area contributed by atoms with Gasteiger partial charge in [0.25, 0.3) is 5.91 Å². The number of halogens is 1. The molecule has 0 bridgehead atoms. The first-order chi connectivity index (χ1) is 13.2. The lowest BCUT2D eigenvalue weighted by atomic mass is 10.0. The summed E-state index contributed by atoms with van der Waals surface area (Å²) in [5.41, 5.74) is 8.72. The molecule has 2 atom stereocenters. The van der Waals surface area contributed by atoms with Crippen LogP contribution in [0.3, 0.4) is 0 Å². The fourth-order valence-corrected chi connectivity index (χ4v) is 3.95. The zero-order chi connectivity index (χ0) is 18.6. The van der Waals surface area contributed by atoms with Crippen molar-refractivity contribution in [1.29, 1.82) is 0 Å². The van der Waals surface area contributed by atoms with Crippen LogP contribution in [0.1, 0.15) is 41.2 Å². The Labute approximate surface area is 164 Å². The van der Waals surface area contributed by atoms with Crippen LogP contribution in [0.25, 0.3) is 0 Å². The third-order valence-electron chi connectivity index (χ3n) is 5.40. The highest BCUT2D eigenvalue weighted by atomic mass is 35.5. The van der Waals surface area contributed by atoms with E-state index in [-0.39, 0.29) is 18.0 Å². The Morgan fingerprint density at radius 1 is 1.07 bits per heavy atom. The van der Waals surface area contributed by atoms with E-state index in [4.69, 9.17) is 11.6 Å². The van der Waals surface area contributed by atoms with Crippen molar-refractivity contribution in [3.8, 4) is 0 Å². The molecule has 7 heteroatoms. The number of nitrogens with zero attached hydrogens (tertiary/aromatic N) is 2. The van der Waals surface area contributed by atoms with Crippen LogP contribution in [0, 0.1) is 0 Å². The van der Waals surface area contributed by atoms with E-state index < -0.39 is 0 Å². The number of hydrogen-bond acceptors (Lipinski definition) is 5. The topological polar surface area (TPSA) is 69.3 Å². The third kappa shape index (κ3) is 4.47. The highest BCUT2D eigenvalue weighted by Crippen LogP contribution is 2.26. The molecule has 0 aliphatic carbocycles. The Balaban J connectivity index is 1.26. The van der Waals surface area contributed by atoms with Crippen molar-refractivity contribution in [1.82, 2.24) is 26.1 Å². The fraction of sp³-hybridized carbons (Fsp3) is 0.400. The number of carbonyl (C=O) groups excluding carboxylic acids is 1. The van der Waals surface area contributed by atoms with Crippen LogP contribution in [0.5, 0.6) is 0 Å². The fourth-order valence-electron chi connectivity index (χ4n) is 3.82. The Morgan fingerprint density at radius 2 is 1.78 bits per heavy atom. The van der Waals surface area contributed by atoms with Crippen molar-refractivity contribution in [3.05, 3.63) is 64.9 Å². The van der Waals surface area contributed by atoms with Gasteiger partial charge in [0, 0.05) is 48.2 Å². The van der Waals surface area contributed by atoms with Gasteiger partial charge in [-0.05, 0) is 49.1 Å². The van der Waals surface area contributed by atoms with Crippen LogP contribution in [0.2, 0.25) is 5.02 Å². The Bertz CT molecular complexity index is 762. The van der Waals surface area contributed by atoms with Gasteiger partial charge in [-0.3, -0.25) is 14.7 Å². The number of rotatable bonds is 4. The summed E-state index contributed by atoms with van der Waals surface area (Å²) >= 11 is 5.98. The maximum absolute atomic E-state index is 12.3. The molecule has 2 aliphatic heterocycles. The second kappa shape index (κ2) is 8.35. The molecule has 3 heterocycles. The largest absolute Gasteiger partial charge is 0.349 e. The highest BCUT2D eigenvalue weighted by Gasteiger charge is 2.32. The highest BCUT2D eigenvalue weighted by molar-refractivity contribution is 6.30. The van der Waals surface area contributed by atoms with E-state index in [0.29, 0.717) is 11.7 Å². The minimum absolute atomic E-state index is 0.0145. The van der Waals surface area contributed by atoms with Crippen molar-refractivity contribution in [2.45, 2.75) is 37.5 Å². The summed E-state index contributed by atoms with van der Waals surface area (Å²) in [4.78, 5) is 18.7. The number of hydrazine groups is 1. The maximum Gasteiger partial charge on any atom is 0.251 e. The van der Waals surface area contributed by atoms with Crippen LogP contribution < -0.4 is 16.2 Å². The van der Waals surface area contributed by atoms with Crippen molar-refractivity contribution in [2.75, 3.05) is 13.1 Å². The number of hydrogen-bond donors (Lipinski definition) is 3. The molecule has 2 unspecified atom stereocenters. The average Bonchev–Trinajstić information content (AvgIpc) is 3.20. The molecule has 0 radical (unpaired) electrons.